The van der Waals surface area contributed by atoms with E-state index in [0.29, 0.717) is 0 Å². The molecule has 0 unspecified atom stereocenters. The fourth-order valence-corrected chi connectivity index (χ4v) is 3.24. The van der Waals surface area contributed by atoms with E-state index < -0.39 is 0 Å². The normalized spacial score (nSPS) is 11.6. The van der Waals surface area contributed by atoms with E-state index in [-0.39, 0.29) is 5.41 Å². The molecule has 0 aliphatic rings. The SMILES string of the molecule is Cc1cc(-c2cccc(-c3ccccc3C)c2)ncc1CC(C)(C)C. The quantitative estimate of drug-likeness (QED) is 0.526. The lowest BCUT2D eigenvalue weighted by Crippen LogP contribution is -2.10. The number of aryl methyl sites for hydroxylation is 2. The molecule has 0 amide bonds. The highest BCUT2D eigenvalue weighted by atomic mass is 14.7. The number of nitrogens with zero attached hydrogens (tertiary/aromatic N) is 1. The molecule has 1 heteroatoms. The largest absolute Gasteiger partial charge is 0.256 e. The van der Waals surface area contributed by atoms with Gasteiger partial charge in [0.1, 0.15) is 0 Å². The van der Waals surface area contributed by atoms with Gasteiger partial charge in [-0.25, -0.2) is 0 Å². The van der Waals surface area contributed by atoms with Crippen LogP contribution in [0.4, 0.5) is 0 Å². The molecule has 1 heterocycles. The smallest absolute Gasteiger partial charge is 0.0705 e. The summed E-state index contributed by atoms with van der Waals surface area (Å²) in [6.07, 6.45) is 3.10. The molecule has 1 nitrogen and oxygen atoms in total. The van der Waals surface area contributed by atoms with Gasteiger partial charge in [-0.15, -0.1) is 0 Å². The zero-order chi connectivity index (χ0) is 18.0. The third-order valence-corrected chi connectivity index (χ3v) is 4.55. The van der Waals surface area contributed by atoms with Crippen LogP contribution in [0.1, 0.15) is 37.5 Å². The summed E-state index contributed by atoms with van der Waals surface area (Å²) in [4.78, 5) is 4.75. The van der Waals surface area contributed by atoms with Gasteiger partial charge >= 0.3 is 0 Å². The lowest BCUT2D eigenvalue weighted by Gasteiger charge is -2.19. The summed E-state index contributed by atoms with van der Waals surface area (Å²) in [6.45, 7) is 11.2. The summed E-state index contributed by atoms with van der Waals surface area (Å²) < 4.78 is 0. The van der Waals surface area contributed by atoms with Gasteiger partial charge in [-0.2, -0.15) is 0 Å². The molecule has 3 rings (SSSR count). The van der Waals surface area contributed by atoms with Gasteiger partial charge in [-0.1, -0.05) is 63.2 Å². The third-order valence-electron chi connectivity index (χ3n) is 4.55. The second-order valence-corrected chi connectivity index (χ2v) is 8.13. The van der Waals surface area contributed by atoms with E-state index in [1.807, 2.05) is 0 Å². The molecule has 0 radical (unpaired) electrons. The topological polar surface area (TPSA) is 12.9 Å². The highest BCUT2D eigenvalue weighted by Crippen LogP contribution is 2.29. The lowest BCUT2D eigenvalue weighted by atomic mass is 9.87. The van der Waals surface area contributed by atoms with Gasteiger partial charge in [-0.05, 0) is 65.6 Å². The summed E-state index contributed by atoms with van der Waals surface area (Å²) in [5.41, 5.74) is 8.98. The van der Waals surface area contributed by atoms with Crippen LogP contribution in [0.2, 0.25) is 0 Å². The number of pyridine rings is 1. The van der Waals surface area contributed by atoms with Crippen LogP contribution in [-0.2, 0) is 6.42 Å². The Morgan fingerprint density at radius 3 is 2.20 bits per heavy atom. The molecular weight excluding hydrogens is 302 g/mol. The molecule has 3 aromatic rings. The Balaban J connectivity index is 1.97. The molecule has 0 bridgehead atoms. The minimum Gasteiger partial charge on any atom is -0.256 e. The summed E-state index contributed by atoms with van der Waals surface area (Å²) in [6, 6.07) is 19.4. The summed E-state index contributed by atoms with van der Waals surface area (Å²) in [5.74, 6) is 0. The van der Waals surface area contributed by atoms with Crippen LogP contribution in [0.5, 0.6) is 0 Å². The van der Waals surface area contributed by atoms with Crippen molar-refractivity contribution in [1.82, 2.24) is 4.98 Å². The van der Waals surface area contributed by atoms with Crippen molar-refractivity contribution in [3.05, 3.63) is 77.5 Å². The molecule has 0 N–H and O–H groups in total. The third kappa shape index (κ3) is 4.17. The van der Waals surface area contributed by atoms with Gasteiger partial charge in [0.15, 0.2) is 0 Å². The second-order valence-electron chi connectivity index (χ2n) is 8.13. The zero-order valence-corrected chi connectivity index (χ0v) is 15.9. The molecule has 0 fully saturated rings. The number of aromatic nitrogens is 1. The van der Waals surface area contributed by atoms with Crippen LogP contribution in [-0.4, -0.2) is 4.98 Å². The molecular formula is C24H27N. The number of benzene rings is 2. The Labute approximate surface area is 151 Å². The van der Waals surface area contributed by atoms with Gasteiger partial charge in [-0.3, -0.25) is 4.98 Å². The summed E-state index contributed by atoms with van der Waals surface area (Å²) in [5, 5.41) is 0. The molecule has 0 aliphatic carbocycles. The molecule has 0 aliphatic heterocycles. The fraction of sp³-hybridized carbons (Fsp3) is 0.292. The van der Waals surface area contributed by atoms with Crippen LogP contribution in [0.25, 0.3) is 22.4 Å². The van der Waals surface area contributed by atoms with Crippen LogP contribution in [0, 0.1) is 19.3 Å². The van der Waals surface area contributed by atoms with E-state index in [1.54, 1.807) is 0 Å². The monoisotopic (exact) mass is 329 g/mol. The van der Waals surface area contributed by atoms with Crippen molar-refractivity contribution in [3.63, 3.8) is 0 Å². The summed E-state index contributed by atoms with van der Waals surface area (Å²) in [7, 11) is 0. The average molecular weight is 329 g/mol. The molecule has 0 atom stereocenters. The molecule has 128 valence electrons. The van der Waals surface area contributed by atoms with E-state index in [9.17, 15) is 0 Å². The van der Waals surface area contributed by atoms with Gasteiger partial charge < -0.3 is 0 Å². The fourth-order valence-electron chi connectivity index (χ4n) is 3.24. The van der Waals surface area contributed by atoms with Crippen molar-refractivity contribution in [2.45, 2.75) is 41.0 Å². The zero-order valence-electron chi connectivity index (χ0n) is 15.9. The van der Waals surface area contributed by atoms with Crippen molar-refractivity contribution in [2.24, 2.45) is 5.41 Å². The molecule has 1 aromatic heterocycles. The van der Waals surface area contributed by atoms with E-state index in [1.165, 1.54) is 33.4 Å². The van der Waals surface area contributed by atoms with E-state index in [4.69, 9.17) is 4.98 Å². The predicted octanol–water partition coefficient (Wildman–Crippen LogP) is 6.62. The molecule has 0 saturated heterocycles. The average Bonchev–Trinajstić information content (AvgIpc) is 2.56. The Hall–Kier alpha value is -2.41. The van der Waals surface area contributed by atoms with Crippen LogP contribution < -0.4 is 0 Å². The maximum atomic E-state index is 4.75. The first kappa shape index (κ1) is 17.4. The Bertz CT molecular complexity index is 885. The minimum absolute atomic E-state index is 0.276. The Morgan fingerprint density at radius 1 is 0.800 bits per heavy atom. The van der Waals surface area contributed by atoms with Crippen molar-refractivity contribution in [3.8, 4) is 22.4 Å². The highest BCUT2D eigenvalue weighted by molar-refractivity contribution is 5.73. The second kappa shape index (κ2) is 6.84. The van der Waals surface area contributed by atoms with Gasteiger partial charge in [0.05, 0.1) is 5.69 Å². The van der Waals surface area contributed by atoms with E-state index in [2.05, 4.69) is 95.4 Å². The number of hydrogen-bond acceptors (Lipinski definition) is 1. The van der Waals surface area contributed by atoms with Crippen molar-refractivity contribution < 1.29 is 0 Å². The number of rotatable bonds is 3. The molecule has 25 heavy (non-hydrogen) atoms. The van der Waals surface area contributed by atoms with Crippen molar-refractivity contribution in [2.75, 3.05) is 0 Å². The lowest BCUT2D eigenvalue weighted by molar-refractivity contribution is 0.410. The molecule has 0 spiro atoms. The van der Waals surface area contributed by atoms with Gasteiger partial charge in [0.25, 0.3) is 0 Å². The highest BCUT2D eigenvalue weighted by Gasteiger charge is 2.14. The number of hydrogen-bond donors (Lipinski definition) is 0. The maximum Gasteiger partial charge on any atom is 0.0705 e. The Kier molecular flexibility index (Phi) is 4.76. The standard InChI is InChI=1S/C24H27N/c1-17-9-6-7-12-22(17)19-10-8-11-20(14-19)23-13-18(2)21(16-25-23)15-24(3,4)5/h6-14,16H,15H2,1-5H3. The van der Waals surface area contributed by atoms with Gasteiger partial charge in [0.2, 0.25) is 0 Å². The van der Waals surface area contributed by atoms with E-state index >= 15 is 0 Å². The first-order chi connectivity index (χ1) is 11.8. The predicted molar refractivity (Wildman–Crippen MR) is 108 cm³/mol. The first-order valence-electron chi connectivity index (χ1n) is 8.95. The van der Waals surface area contributed by atoms with Crippen LogP contribution in [0.3, 0.4) is 0 Å². The van der Waals surface area contributed by atoms with Crippen LogP contribution >= 0.6 is 0 Å². The molecule has 0 saturated carbocycles. The van der Waals surface area contributed by atoms with Crippen LogP contribution in [0.15, 0.2) is 60.8 Å². The van der Waals surface area contributed by atoms with Crippen molar-refractivity contribution >= 4 is 0 Å². The minimum atomic E-state index is 0.276. The first-order valence-corrected chi connectivity index (χ1v) is 8.95. The summed E-state index contributed by atoms with van der Waals surface area (Å²) >= 11 is 0. The maximum absolute atomic E-state index is 4.75. The van der Waals surface area contributed by atoms with Gasteiger partial charge in [0, 0.05) is 11.8 Å². The van der Waals surface area contributed by atoms with Crippen molar-refractivity contribution in [1.29, 1.82) is 0 Å². The molecule has 2 aromatic carbocycles. The Morgan fingerprint density at radius 2 is 1.52 bits per heavy atom. The van der Waals surface area contributed by atoms with E-state index in [0.717, 1.165) is 12.1 Å².